The second-order valence-electron chi connectivity index (χ2n) is 14.9. The van der Waals surface area contributed by atoms with Gasteiger partial charge >= 0.3 is 37.1 Å². The Labute approximate surface area is 339 Å². The first-order valence-electron chi connectivity index (χ1n) is 22.1. The minimum Gasteiger partial charge on any atom is -0.542 e. The monoisotopic (exact) mass is 930 g/mol. The third-order valence-corrected chi connectivity index (χ3v) is 9.91. The number of unbranched alkanes of at least 4 members (excludes halogenated alkanes) is 25. The predicted molar refractivity (Wildman–Crippen MR) is 217 cm³/mol. The molecular formula is C45H89NO3U. The Hall–Kier alpha value is 0.152. The van der Waals surface area contributed by atoms with Crippen LogP contribution in [0.3, 0.4) is 0 Å². The Balaban J connectivity index is -0.00000192. The van der Waals surface area contributed by atoms with Gasteiger partial charge in [-0.05, 0) is 58.2 Å². The van der Waals surface area contributed by atoms with Crippen molar-refractivity contribution in [1.29, 1.82) is 0 Å². The largest absolute Gasteiger partial charge is 2.00 e. The molecule has 0 aromatic carbocycles. The molecular weight excluding hydrogens is 841 g/mol. The zero-order valence-corrected chi connectivity index (χ0v) is 38.8. The van der Waals surface area contributed by atoms with Gasteiger partial charge in [-0.1, -0.05) is 188 Å². The minimum absolute atomic E-state index is 0. The van der Waals surface area contributed by atoms with Crippen LogP contribution >= 0.6 is 0 Å². The second kappa shape index (κ2) is 49.2. The number of hydrogen-bond acceptors (Lipinski definition) is 4. The van der Waals surface area contributed by atoms with Crippen molar-refractivity contribution in [3.05, 3.63) is 6.92 Å². The molecule has 0 saturated heterocycles. The number of hydrogen-bond donors (Lipinski definition) is 0. The summed E-state index contributed by atoms with van der Waals surface area (Å²) < 4.78 is 5.76. The van der Waals surface area contributed by atoms with Crippen LogP contribution in [0.15, 0.2) is 0 Å². The second-order valence-corrected chi connectivity index (χ2v) is 14.9. The minimum atomic E-state index is 0. The molecule has 50 heavy (non-hydrogen) atoms. The summed E-state index contributed by atoms with van der Waals surface area (Å²) in [4.78, 5) is 25.7. The molecule has 0 aliphatic carbocycles. The number of carbonyl (C=O) groups is 1. The van der Waals surface area contributed by atoms with E-state index in [9.17, 15) is 9.59 Å². The van der Waals surface area contributed by atoms with Gasteiger partial charge < -0.3 is 21.4 Å². The molecule has 0 bridgehead atoms. The number of esters is 1. The van der Waals surface area contributed by atoms with E-state index in [-0.39, 0.29) is 43.0 Å². The fraction of sp³-hybridized carbons (Fsp3) is 0.933. The van der Waals surface area contributed by atoms with Crippen LogP contribution in [-0.2, 0) is 14.3 Å². The molecule has 0 spiro atoms. The smallest absolute Gasteiger partial charge is 0.542 e. The van der Waals surface area contributed by atoms with E-state index < -0.39 is 0 Å². The number of ether oxygens (including phenoxy) is 1. The van der Waals surface area contributed by atoms with Crippen LogP contribution in [0.25, 0.3) is 0 Å². The number of carbonyl (C=O) groups excluding carboxylic acids is 2. The molecule has 0 amide bonds. The van der Waals surface area contributed by atoms with Gasteiger partial charge in [0.1, 0.15) is 0 Å². The van der Waals surface area contributed by atoms with Crippen LogP contribution in [0.1, 0.15) is 240 Å². The zero-order chi connectivity index (χ0) is 36.3. The van der Waals surface area contributed by atoms with Gasteiger partial charge in [0, 0.05) is 0 Å². The molecule has 0 aliphatic heterocycles. The molecule has 0 saturated carbocycles. The van der Waals surface area contributed by atoms with E-state index in [2.05, 4.69) is 39.5 Å². The molecule has 1 atom stereocenters. The fourth-order valence-electron chi connectivity index (χ4n) is 6.65. The molecule has 4 nitrogen and oxygen atoms in total. The van der Waals surface area contributed by atoms with E-state index in [0.717, 1.165) is 32.1 Å². The Morgan fingerprint density at radius 2 is 0.920 bits per heavy atom. The molecule has 5 heteroatoms. The third kappa shape index (κ3) is 44.3. The van der Waals surface area contributed by atoms with Crippen molar-refractivity contribution in [2.45, 2.75) is 240 Å². The van der Waals surface area contributed by atoms with Gasteiger partial charge in [0.05, 0.1) is 12.5 Å². The molecule has 0 N–H and O–H groups in total. The van der Waals surface area contributed by atoms with Crippen molar-refractivity contribution in [1.82, 2.24) is 4.90 Å². The average molecular weight is 930 g/mol. The van der Waals surface area contributed by atoms with Crippen molar-refractivity contribution in [2.75, 3.05) is 26.2 Å². The van der Waals surface area contributed by atoms with Crippen molar-refractivity contribution in [3.63, 3.8) is 0 Å². The summed E-state index contributed by atoms with van der Waals surface area (Å²) >= 11 is 0. The summed E-state index contributed by atoms with van der Waals surface area (Å²) in [5.74, 6) is 0.209. The van der Waals surface area contributed by atoms with Crippen LogP contribution < -0.4 is 0 Å². The van der Waals surface area contributed by atoms with E-state index in [1.165, 1.54) is 193 Å². The maximum atomic E-state index is 12.8. The molecule has 0 rings (SSSR count). The summed E-state index contributed by atoms with van der Waals surface area (Å²) in [5.41, 5.74) is 0. The molecule has 0 radical (unpaired) electrons. The van der Waals surface area contributed by atoms with Crippen LogP contribution in [0.5, 0.6) is 0 Å². The molecule has 0 aromatic heterocycles. The van der Waals surface area contributed by atoms with Gasteiger partial charge in [-0.25, -0.2) is 0 Å². The predicted octanol–water partition coefficient (Wildman–Crippen LogP) is 14.3. The van der Waals surface area contributed by atoms with Gasteiger partial charge in [0.25, 0.3) is 0 Å². The van der Waals surface area contributed by atoms with E-state index >= 15 is 0 Å². The normalized spacial score (nSPS) is 11.6. The van der Waals surface area contributed by atoms with Gasteiger partial charge in [0.15, 0.2) is 0 Å². The molecule has 0 heterocycles. The van der Waals surface area contributed by atoms with E-state index in [4.69, 9.17) is 4.74 Å². The fourth-order valence-corrected chi connectivity index (χ4v) is 6.65. The van der Waals surface area contributed by atoms with Gasteiger partial charge in [0.2, 0.25) is 0 Å². The Bertz CT molecular complexity index is 625. The van der Waals surface area contributed by atoms with Gasteiger partial charge in [-0.2, -0.15) is 12.8 Å². The summed E-state index contributed by atoms with van der Waals surface area (Å²) in [5, 5.41) is 0. The third-order valence-electron chi connectivity index (χ3n) is 9.91. The summed E-state index contributed by atoms with van der Waals surface area (Å²) in [6.07, 6.45) is 42.7. The van der Waals surface area contributed by atoms with Crippen molar-refractivity contribution in [3.8, 4) is 0 Å². The van der Waals surface area contributed by atoms with Crippen molar-refractivity contribution in [2.24, 2.45) is 5.92 Å². The quantitative estimate of drug-likeness (QED) is 0.0350. The molecule has 1 unspecified atom stereocenters. The van der Waals surface area contributed by atoms with E-state index in [1.807, 2.05) is 6.29 Å². The van der Waals surface area contributed by atoms with Crippen LogP contribution in [0.2, 0.25) is 0 Å². The topological polar surface area (TPSA) is 46.6 Å². The van der Waals surface area contributed by atoms with E-state index in [1.54, 1.807) is 0 Å². The Morgan fingerprint density at radius 1 is 0.520 bits per heavy atom. The van der Waals surface area contributed by atoms with Crippen molar-refractivity contribution >= 4 is 12.3 Å². The van der Waals surface area contributed by atoms with Crippen LogP contribution in [0, 0.1) is 44.0 Å². The first-order chi connectivity index (χ1) is 24.1. The van der Waals surface area contributed by atoms with Gasteiger partial charge in [-0.3, -0.25) is 11.1 Å². The number of nitrogens with zero attached hydrogens (tertiary/aromatic N) is 1. The Kier molecular flexibility index (Phi) is 53.6. The molecule has 0 aromatic rings. The van der Waals surface area contributed by atoms with Gasteiger partial charge in [-0.15, -0.1) is 0 Å². The summed E-state index contributed by atoms with van der Waals surface area (Å²) in [7, 11) is 0. The van der Waals surface area contributed by atoms with E-state index in [0.29, 0.717) is 13.0 Å². The van der Waals surface area contributed by atoms with Crippen LogP contribution in [0.4, 0.5) is 0 Å². The first-order valence-corrected chi connectivity index (χ1v) is 22.1. The Morgan fingerprint density at radius 3 is 1.38 bits per heavy atom. The first kappa shape index (κ1) is 54.5. The number of rotatable bonds is 39. The average Bonchev–Trinajstić information content (AvgIpc) is 3.11. The SMILES string of the molecule is CCCCCCCCC(CCCCCC)C(=O)OCCCCCCCCCN(CCC)CCCCCCC[C-]=O.[CH2-]CCCCCCCC.[U+2]. The van der Waals surface area contributed by atoms with Crippen molar-refractivity contribution < 1.29 is 45.4 Å². The maximum absolute atomic E-state index is 12.8. The zero-order valence-electron chi connectivity index (χ0n) is 34.6. The van der Waals surface area contributed by atoms with Crippen LogP contribution in [-0.4, -0.2) is 43.4 Å². The standard InChI is InChI=1S/C36H70NO3.C9H19.U/c1-4-7-9-11-17-23-29-35(28-22-10-8-5-2)36(39)40-34-27-21-16-12-13-18-24-31-37(30-6-3)32-25-19-14-15-20-26-33-38;1-3-5-7-9-8-6-4-2;/h35H,4-32,34H2,1-3H3;1,3-9H2,2H3;/q2*-1;+2. The molecule has 296 valence electrons. The molecule has 0 fully saturated rings. The summed E-state index contributed by atoms with van der Waals surface area (Å²) in [6, 6.07) is 0. The summed E-state index contributed by atoms with van der Waals surface area (Å²) in [6.45, 7) is 17.1. The maximum Gasteiger partial charge on any atom is 2.00 e. The molecule has 0 aliphatic rings.